The summed E-state index contributed by atoms with van der Waals surface area (Å²) < 4.78 is 0. The fraction of sp³-hybridized carbons (Fsp3) is 0.667. The second kappa shape index (κ2) is 4.32. The molecule has 1 aliphatic rings. The van der Waals surface area contributed by atoms with Gasteiger partial charge in [-0.1, -0.05) is 20.8 Å². The molecule has 0 amide bonds. The zero-order valence-corrected chi connectivity index (χ0v) is 11.7. The molecule has 1 heterocycles. The van der Waals surface area contributed by atoms with E-state index in [1.165, 1.54) is 18.5 Å². The molecule has 0 aromatic carbocycles. The number of nitrogens with one attached hydrogen (secondary N) is 1. The summed E-state index contributed by atoms with van der Waals surface area (Å²) in [6.07, 6.45) is 2.56. The highest BCUT2D eigenvalue weighted by Crippen LogP contribution is 2.42. The Hall–Kier alpha value is -1.05. The summed E-state index contributed by atoms with van der Waals surface area (Å²) in [6.45, 7) is 11.2. The first-order valence-corrected chi connectivity index (χ1v) is 6.58. The van der Waals surface area contributed by atoms with Gasteiger partial charge in [0.1, 0.15) is 0 Å². The molecule has 0 aliphatic heterocycles. The van der Waals surface area contributed by atoms with E-state index < -0.39 is 0 Å². The molecule has 2 rings (SSSR count). The Morgan fingerprint density at radius 2 is 1.94 bits per heavy atom. The molecular formula is C15H24N2. The summed E-state index contributed by atoms with van der Waals surface area (Å²) in [5.74, 6) is 0.741. The van der Waals surface area contributed by atoms with Gasteiger partial charge in [0.15, 0.2) is 0 Å². The van der Waals surface area contributed by atoms with E-state index in [0.717, 1.165) is 17.3 Å². The number of aromatic nitrogens is 1. The Balaban J connectivity index is 2.11. The van der Waals surface area contributed by atoms with Crippen LogP contribution in [-0.4, -0.2) is 11.0 Å². The number of hydrogen-bond donors (Lipinski definition) is 1. The third-order valence-corrected chi connectivity index (χ3v) is 3.90. The van der Waals surface area contributed by atoms with Crippen molar-refractivity contribution in [3.05, 3.63) is 23.5 Å². The molecule has 1 N–H and O–H groups in total. The van der Waals surface area contributed by atoms with Crippen LogP contribution in [0.25, 0.3) is 0 Å². The molecule has 2 heteroatoms. The second-order valence-corrected chi connectivity index (χ2v) is 6.39. The van der Waals surface area contributed by atoms with E-state index in [2.05, 4.69) is 50.1 Å². The lowest BCUT2D eigenvalue weighted by atomic mass is 9.91. The van der Waals surface area contributed by atoms with Crippen LogP contribution in [0, 0.1) is 25.2 Å². The fourth-order valence-electron chi connectivity index (χ4n) is 3.13. The Kier molecular flexibility index (Phi) is 3.15. The largest absolute Gasteiger partial charge is 0.381 e. The average molecular weight is 232 g/mol. The summed E-state index contributed by atoms with van der Waals surface area (Å²) in [6, 6.07) is 4.84. The van der Waals surface area contributed by atoms with E-state index in [0.29, 0.717) is 11.5 Å². The first-order chi connectivity index (χ1) is 7.87. The molecule has 2 nitrogen and oxygen atoms in total. The second-order valence-electron chi connectivity index (χ2n) is 6.39. The van der Waals surface area contributed by atoms with Gasteiger partial charge in [0.2, 0.25) is 0 Å². The van der Waals surface area contributed by atoms with Gasteiger partial charge in [-0.25, -0.2) is 0 Å². The van der Waals surface area contributed by atoms with Crippen molar-refractivity contribution in [1.29, 1.82) is 0 Å². The molecule has 94 valence electrons. The maximum absolute atomic E-state index is 4.51. The number of hydrogen-bond acceptors (Lipinski definition) is 2. The molecule has 2 atom stereocenters. The van der Waals surface area contributed by atoms with Gasteiger partial charge in [-0.2, -0.15) is 0 Å². The standard InChI is InChI=1S/C15H24N2/c1-10-8-15(4,5)9-14(10)17-13-7-6-11(2)16-12(13)3/h6-7,10,14,17H,8-9H2,1-5H3. The van der Waals surface area contributed by atoms with Gasteiger partial charge in [-0.3, -0.25) is 4.98 Å². The van der Waals surface area contributed by atoms with Crippen molar-refractivity contribution in [3.63, 3.8) is 0 Å². The normalized spacial score (nSPS) is 27.1. The van der Waals surface area contributed by atoms with E-state index in [1.807, 2.05) is 6.92 Å². The predicted octanol–water partition coefficient (Wildman–Crippen LogP) is 3.94. The molecule has 2 unspecified atom stereocenters. The van der Waals surface area contributed by atoms with E-state index >= 15 is 0 Å². The van der Waals surface area contributed by atoms with Crippen molar-refractivity contribution in [1.82, 2.24) is 4.98 Å². The van der Waals surface area contributed by atoms with Crippen molar-refractivity contribution in [3.8, 4) is 0 Å². The molecule has 1 saturated carbocycles. The summed E-state index contributed by atoms with van der Waals surface area (Å²) >= 11 is 0. The molecule has 1 fully saturated rings. The highest BCUT2D eigenvalue weighted by Gasteiger charge is 2.36. The lowest BCUT2D eigenvalue weighted by molar-refractivity contribution is 0.366. The number of aryl methyl sites for hydroxylation is 2. The SMILES string of the molecule is Cc1ccc(NC2CC(C)(C)CC2C)c(C)n1. The molecule has 0 bridgehead atoms. The third-order valence-electron chi connectivity index (χ3n) is 3.90. The molecule has 17 heavy (non-hydrogen) atoms. The van der Waals surface area contributed by atoms with Crippen LogP contribution in [-0.2, 0) is 0 Å². The van der Waals surface area contributed by atoms with Crippen LogP contribution >= 0.6 is 0 Å². The number of pyridine rings is 1. The van der Waals surface area contributed by atoms with Crippen LogP contribution in [0.4, 0.5) is 5.69 Å². The Morgan fingerprint density at radius 1 is 1.24 bits per heavy atom. The van der Waals surface area contributed by atoms with Gasteiger partial charge in [0, 0.05) is 11.7 Å². The number of rotatable bonds is 2. The molecular weight excluding hydrogens is 208 g/mol. The van der Waals surface area contributed by atoms with Gasteiger partial charge < -0.3 is 5.32 Å². The van der Waals surface area contributed by atoms with Crippen LogP contribution < -0.4 is 5.32 Å². The monoisotopic (exact) mass is 232 g/mol. The van der Waals surface area contributed by atoms with Crippen molar-refractivity contribution in [2.75, 3.05) is 5.32 Å². The predicted molar refractivity (Wildman–Crippen MR) is 73.3 cm³/mol. The zero-order chi connectivity index (χ0) is 12.6. The van der Waals surface area contributed by atoms with Gasteiger partial charge in [-0.15, -0.1) is 0 Å². The van der Waals surface area contributed by atoms with Crippen LogP contribution in [0.1, 0.15) is 45.0 Å². The molecule has 0 radical (unpaired) electrons. The minimum Gasteiger partial charge on any atom is -0.381 e. The Labute approximate surface area is 105 Å². The van der Waals surface area contributed by atoms with Gasteiger partial charge in [0.25, 0.3) is 0 Å². The maximum atomic E-state index is 4.51. The Bertz CT molecular complexity index is 409. The van der Waals surface area contributed by atoms with Crippen molar-refractivity contribution < 1.29 is 0 Å². The fourth-order valence-corrected chi connectivity index (χ4v) is 3.13. The maximum Gasteiger partial charge on any atom is 0.0606 e. The molecule has 0 saturated heterocycles. The van der Waals surface area contributed by atoms with Crippen LogP contribution in [0.5, 0.6) is 0 Å². The van der Waals surface area contributed by atoms with Gasteiger partial charge in [-0.05, 0) is 50.2 Å². The van der Waals surface area contributed by atoms with E-state index in [-0.39, 0.29) is 0 Å². The number of anilines is 1. The summed E-state index contributed by atoms with van der Waals surface area (Å²) in [4.78, 5) is 4.51. The van der Waals surface area contributed by atoms with Crippen molar-refractivity contribution >= 4 is 5.69 Å². The molecule has 1 aromatic rings. The summed E-state index contributed by atoms with van der Waals surface area (Å²) in [5, 5.41) is 3.68. The molecule has 1 aliphatic carbocycles. The highest BCUT2D eigenvalue weighted by molar-refractivity contribution is 5.48. The number of nitrogens with zero attached hydrogens (tertiary/aromatic N) is 1. The van der Waals surface area contributed by atoms with Crippen LogP contribution in [0.15, 0.2) is 12.1 Å². The van der Waals surface area contributed by atoms with E-state index in [4.69, 9.17) is 0 Å². The summed E-state index contributed by atoms with van der Waals surface area (Å²) in [5.41, 5.74) is 3.88. The zero-order valence-electron chi connectivity index (χ0n) is 11.7. The highest BCUT2D eigenvalue weighted by atomic mass is 15.0. The van der Waals surface area contributed by atoms with Crippen molar-refractivity contribution in [2.24, 2.45) is 11.3 Å². The third kappa shape index (κ3) is 2.80. The lowest BCUT2D eigenvalue weighted by Gasteiger charge is -2.20. The van der Waals surface area contributed by atoms with Gasteiger partial charge in [0.05, 0.1) is 11.4 Å². The smallest absolute Gasteiger partial charge is 0.0606 e. The molecule has 1 aromatic heterocycles. The van der Waals surface area contributed by atoms with Crippen LogP contribution in [0.3, 0.4) is 0 Å². The average Bonchev–Trinajstić information content (AvgIpc) is 2.44. The van der Waals surface area contributed by atoms with Crippen molar-refractivity contribution in [2.45, 2.75) is 53.5 Å². The molecule has 0 spiro atoms. The quantitative estimate of drug-likeness (QED) is 0.835. The first kappa shape index (κ1) is 12.4. The first-order valence-electron chi connectivity index (χ1n) is 6.58. The van der Waals surface area contributed by atoms with E-state index in [1.54, 1.807) is 0 Å². The Morgan fingerprint density at radius 3 is 2.47 bits per heavy atom. The topological polar surface area (TPSA) is 24.9 Å². The minimum atomic E-state index is 0.475. The van der Waals surface area contributed by atoms with E-state index in [9.17, 15) is 0 Å². The van der Waals surface area contributed by atoms with Gasteiger partial charge >= 0.3 is 0 Å². The van der Waals surface area contributed by atoms with Crippen LogP contribution in [0.2, 0.25) is 0 Å². The summed E-state index contributed by atoms with van der Waals surface area (Å²) in [7, 11) is 0. The minimum absolute atomic E-state index is 0.475. The lowest BCUT2D eigenvalue weighted by Crippen LogP contribution is -2.23.